The van der Waals surface area contributed by atoms with Gasteiger partial charge in [-0.2, -0.15) is 23.4 Å². The molecule has 1 aromatic carbocycles. The molecule has 164 valence electrons. The van der Waals surface area contributed by atoms with Crippen LogP contribution in [0.4, 0.5) is 18.9 Å². The Balaban J connectivity index is 1.67. The SMILES string of the molecule is CCn1cc(NC(=O)c2ccn(COc3cccc(C(F)(F)F)c3)n2)c(C(=O)NC)n1. The number of carbonyl (C=O) groups excluding carboxylic acids is 2. The third-order valence-corrected chi connectivity index (χ3v) is 4.17. The quantitative estimate of drug-likeness (QED) is 0.593. The maximum Gasteiger partial charge on any atom is 0.416 e. The number of nitrogens with one attached hydrogen (secondary N) is 2. The van der Waals surface area contributed by atoms with Crippen LogP contribution in [0.2, 0.25) is 0 Å². The summed E-state index contributed by atoms with van der Waals surface area (Å²) in [5.74, 6) is -1.03. The first-order chi connectivity index (χ1) is 14.7. The molecule has 0 bridgehead atoms. The molecule has 2 heterocycles. The molecule has 0 unspecified atom stereocenters. The first-order valence-electron chi connectivity index (χ1n) is 9.15. The van der Waals surface area contributed by atoms with Crippen LogP contribution in [0, 0.1) is 0 Å². The van der Waals surface area contributed by atoms with Gasteiger partial charge in [0.15, 0.2) is 18.1 Å². The van der Waals surface area contributed by atoms with Crippen LogP contribution in [0.25, 0.3) is 0 Å². The van der Waals surface area contributed by atoms with Crippen molar-refractivity contribution in [3.8, 4) is 5.75 Å². The van der Waals surface area contributed by atoms with E-state index in [1.807, 2.05) is 6.92 Å². The van der Waals surface area contributed by atoms with Crippen LogP contribution < -0.4 is 15.4 Å². The Morgan fingerprint density at radius 2 is 1.90 bits per heavy atom. The highest BCUT2D eigenvalue weighted by atomic mass is 19.4. The predicted octanol–water partition coefficient (Wildman–Crippen LogP) is 2.77. The van der Waals surface area contributed by atoms with Crippen LogP contribution in [0.3, 0.4) is 0 Å². The number of nitrogens with zero attached hydrogens (tertiary/aromatic N) is 4. The largest absolute Gasteiger partial charge is 0.471 e. The second kappa shape index (κ2) is 8.90. The molecule has 0 atom stereocenters. The first kappa shape index (κ1) is 21.9. The third-order valence-electron chi connectivity index (χ3n) is 4.17. The van der Waals surface area contributed by atoms with Gasteiger partial charge in [0.25, 0.3) is 11.8 Å². The minimum absolute atomic E-state index is 0.0125. The summed E-state index contributed by atoms with van der Waals surface area (Å²) in [6.45, 7) is 2.13. The number of aryl methyl sites for hydroxylation is 1. The summed E-state index contributed by atoms with van der Waals surface area (Å²) < 4.78 is 46.4. The summed E-state index contributed by atoms with van der Waals surface area (Å²) in [5.41, 5.74) is -0.518. The van der Waals surface area contributed by atoms with Crippen molar-refractivity contribution in [2.45, 2.75) is 26.4 Å². The molecule has 12 heteroatoms. The molecule has 2 N–H and O–H groups in total. The van der Waals surface area contributed by atoms with E-state index < -0.39 is 23.6 Å². The van der Waals surface area contributed by atoms with Gasteiger partial charge in [-0.05, 0) is 31.2 Å². The van der Waals surface area contributed by atoms with Gasteiger partial charge in [-0.3, -0.25) is 14.3 Å². The molecule has 0 aliphatic heterocycles. The van der Waals surface area contributed by atoms with E-state index in [4.69, 9.17) is 4.74 Å². The second-order valence-corrected chi connectivity index (χ2v) is 6.32. The van der Waals surface area contributed by atoms with Crippen LogP contribution in [0.15, 0.2) is 42.7 Å². The minimum Gasteiger partial charge on any atom is -0.471 e. The molecule has 3 aromatic rings. The molecule has 9 nitrogen and oxygen atoms in total. The zero-order valence-electron chi connectivity index (χ0n) is 16.6. The standard InChI is InChI=1S/C19H19F3N6O3/c1-3-27-10-15(16(26-27)18(30)23-2)24-17(29)14-7-8-28(25-14)11-31-13-6-4-5-12(9-13)19(20,21)22/h4-10H,3,11H2,1-2H3,(H,23,30)(H,24,29). The number of ether oxygens (including phenoxy) is 1. The van der Waals surface area contributed by atoms with Crippen LogP contribution >= 0.6 is 0 Å². The van der Waals surface area contributed by atoms with Gasteiger partial charge in [0.1, 0.15) is 5.75 Å². The van der Waals surface area contributed by atoms with Gasteiger partial charge in [0.05, 0.1) is 11.3 Å². The van der Waals surface area contributed by atoms with Crippen molar-refractivity contribution in [2.75, 3.05) is 12.4 Å². The Hall–Kier alpha value is -3.83. The highest BCUT2D eigenvalue weighted by Gasteiger charge is 2.30. The fourth-order valence-corrected chi connectivity index (χ4v) is 2.60. The monoisotopic (exact) mass is 436 g/mol. The maximum absolute atomic E-state index is 12.8. The second-order valence-electron chi connectivity index (χ2n) is 6.32. The number of hydrogen-bond acceptors (Lipinski definition) is 5. The van der Waals surface area contributed by atoms with Crippen LogP contribution in [0.1, 0.15) is 33.5 Å². The molecule has 0 aliphatic carbocycles. The summed E-state index contributed by atoms with van der Waals surface area (Å²) in [6, 6.07) is 5.85. The van der Waals surface area contributed by atoms with Crippen molar-refractivity contribution in [2.24, 2.45) is 0 Å². The van der Waals surface area contributed by atoms with E-state index in [-0.39, 0.29) is 29.6 Å². The molecule has 31 heavy (non-hydrogen) atoms. The molecular formula is C19H19F3N6O3. The van der Waals surface area contributed by atoms with Crippen molar-refractivity contribution >= 4 is 17.5 Å². The number of benzene rings is 1. The van der Waals surface area contributed by atoms with E-state index in [1.54, 1.807) is 0 Å². The first-order valence-corrected chi connectivity index (χ1v) is 9.15. The van der Waals surface area contributed by atoms with Gasteiger partial charge in [0, 0.05) is 26.0 Å². The number of anilines is 1. The number of carbonyl (C=O) groups is 2. The van der Waals surface area contributed by atoms with Gasteiger partial charge >= 0.3 is 6.18 Å². The number of alkyl halides is 3. The number of aromatic nitrogens is 4. The summed E-state index contributed by atoms with van der Waals surface area (Å²) in [6.07, 6.45) is -1.51. The molecule has 0 fully saturated rings. The van der Waals surface area contributed by atoms with Gasteiger partial charge in [-0.15, -0.1) is 0 Å². The minimum atomic E-state index is -4.48. The Kier molecular flexibility index (Phi) is 6.28. The van der Waals surface area contributed by atoms with Gasteiger partial charge in [-0.25, -0.2) is 4.68 Å². The molecular weight excluding hydrogens is 417 g/mol. The molecule has 0 spiro atoms. The van der Waals surface area contributed by atoms with E-state index in [0.717, 1.165) is 12.1 Å². The van der Waals surface area contributed by atoms with Gasteiger partial charge in [-0.1, -0.05) is 6.07 Å². The molecule has 0 saturated carbocycles. The molecule has 0 saturated heterocycles. The Morgan fingerprint density at radius 1 is 1.13 bits per heavy atom. The third kappa shape index (κ3) is 5.21. The van der Waals surface area contributed by atoms with Crippen molar-refractivity contribution in [1.29, 1.82) is 0 Å². The van der Waals surface area contributed by atoms with Crippen molar-refractivity contribution in [3.05, 3.63) is 59.7 Å². The average Bonchev–Trinajstić information content (AvgIpc) is 3.38. The van der Waals surface area contributed by atoms with Gasteiger partial charge < -0.3 is 15.4 Å². The number of amides is 2. The summed E-state index contributed by atoms with van der Waals surface area (Å²) in [7, 11) is 1.45. The highest BCUT2D eigenvalue weighted by Crippen LogP contribution is 2.31. The fraction of sp³-hybridized carbons (Fsp3) is 0.263. The Morgan fingerprint density at radius 3 is 2.58 bits per heavy atom. The van der Waals surface area contributed by atoms with E-state index in [9.17, 15) is 22.8 Å². The lowest BCUT2D eigenvalue weighted by molar-refractivity contribution is -0.137. The van der Waals surface area contributed by atoms with Gasteiger partial charge in [0.2, 0.25) is 0 Å². The summed E-state index contributed by atoms with van der Waals surface area (Å²) in [5, 5.41) is 13.2. The molecule has 2 amide bonds. The van der Waals surface area contributed by atoms with Crippen molar-refractivity contribution in [3.63, 3.8) is 0 Å². The van der Waals surface area contributed by atoms with Crippen LogP contribution in [0.5, 0.6) is 5.75 Å². The maximum atomic E-state index is 12.8. The molecule has 3 rings (SSSR count). The highest BCUT2D eigenvalue weighted by molar-refractivity contribution is 6.07. The Bertz CT molecular complexity index is 1090. The van der Waals surface area contributed by atoms with E-state index in [2.05, 4.69) is 20.8 Å². The lowest BCUT2D eigenvalue weighted by Crippen LogP contribution is -2.22. The number of rotatable bonds is 7. The van der Waals surface area contributed by atoms with Crippen LogP contribution in [-0.2, 0) is 19.5 Å². The number of halogens is 3. The Labute approximate surface area is 174 Å². The van der Waals surface area contributed by atoms with Crippen molar-refractivity contribution < 1.29 is 27.5 Å². The molecule has 2 aromatic heterocycles. The van der Waals surface area contributed by atoms with E-state index in [0.29, 0.717) is 6.54 Å². The molecule has 0 radical (unpaired) electrons. The average molecular weight is 436 g/mol. The predicted molar refractivity (Wildman–Crippen MR) is 104 cm³/mol. The smallest absolute Gasteiger partial charge is 0.416 e. The normalized spacial score (nSPS) is 11.3. The fourth-order valence-electron chi connectivity index (χ4n) is 2.60. The lowest BCUT2D eigenvalue weighted by Gasteiger charge is -2.10. The van der Waals surface area contributed by atoms with E-state index >= 15 is 0 Å². The van der Waals surface area contributed by atoms with Crippen LogP contribution in [-0.4, -0.2) is 38.4 Å². The zero-order chi connectivity index (χ0) is 22.6. The zero-order valence-corrected chi connectivity index (χ0v) is 16.6. The lowest BCUT2D eigenvalue weighted by atomic mass is 10.2. The molecule has 0 aliphatic rings. The summed E-state index contributed by atoms with van der Waals surface area (Å²) >= 11 is 0. The van der Waals surface area contributed by atoms with Crippen molar-refractivity contribution in [1.82, 2.24) is 24.9 Å². The topological polar surface area (TPSA) is 103 Å². The number of hydrogen-bond donors (Lipinski definition) is 2. The van der Waals surface area contributed by atoms with E-state index in [1.165, 1.54) is 47.0 Å². The summed E-state index contributed by atoms with van der Waals surface area (Å²) in [4.78, 5) is 24.4.